The van der Waals surface area contributed by atoms with Gasteiger partial charge < -0.3 is 10.1 Å². The van der Waals surface area contributed by atoms with Crippen molar-refractivity contribution in [1.29, 1.82) is 0 Å². The van der Waals surface area contributed by atoms with Crippen LogP contribution in [-0.2, 0) is 14.3 Å². The van der Waals surface area contributed by atoms with Crippen LogP contribution < -0.4 is 5.32 Å². The third-order valence-corrected chi connectivity index (χ3v) is 6.00. The highest BCUT2D eigenvalue weighted by Crippen LogP contribution is 2.44. The number of halogens is 1. The van der Waals surface area contributed by atoms with E-state index in [1.807, 2.05) is 31.2 Å². The van der Waals surface area contributed by atoms with Gasteiger partial charge in [0.2, 0.25) is 6.10 Å². The SMILES string of the molecule is Cc1ccc(NC(=O)[C@H](OC(=O)[C@H]2C[C@H]3C=C[C@H]2C3)c2ccccc2)cc1Cl. The number of nitrogens with one attached hydrogen (secondary N) is 1. The molecule has 0 aliphatic heterocycles. The molecule has 28 heavy (non-hydrogen) atoms. The first-order valence-electron chi connectivity index (χ1n) is 9.52. The van der Waals surface area contributed by atoms with Gasteiger partial charge in [0.1, 0.15) is 0 Å². The van der Waals surface area contributed by atoms with Gasteiger partial charge in [0.25, 0.3) is 5.91 Å². The maximum atomic E-state index is 13.0. The van der Waals surface area contributed by atoms with Gasteiger partial charge in [0, 0.05) is 16.3 Å². The van der Waals surface area contributed by atoms with Gasteiger partial charge in [0.15, 0.2) is 0 Å². The molecule has 0 heterocycles. The van der Waals surface area contributed by atoms with Crippen molar-refractivity contribution in [2.75, 3.05) is 5.32 Å². The standard InChI is InChI=1S/C23H22ClNO3/c1-14-7-10-18(13-20(14)24)25-22(26)21(16-5-3-2-4-6-16)28-23(27)19-12-15-8-9-17(19)11-15/h2-10,13,15,17,19,21H,11-12H2,1H3,(H,25,26)/t15-,17-,19-,21+/m0/s1. The Morgan fingerprint density at radius 2 is 1.89 bits per heavy atom. The summed E-state index contributed by atoms with van der Waals surface area (Å²) >= 11 is 6.16. The van der Waals surface area contributed by atoms with Crippen molar-refractivity contribution in [3.8, 4) is 0 Å². The minimum atomic E-state index is -1.00. The van der Waals surface area contributed by atoms with Crippen molar-refractivity contribution < 1.29 is 14.3 Å². The first kappa shape index (κ1) is 18.8. The van der Waals surface area contributed by atoms with Crippen LogP contribution in [0.15, 0.2) is 60.7 Å². The molecule has 0 radical (unpaired) electrons. The maximum absolute atomic E-state index is 13.0. The van der Waals surface area contributed by atoms with Crippen LogP contribution in [0.5, 0.6) is 0 Å². The van der Waals surface area contributed by atoms with Crippen molar-refractivity contribution >= 4 is 29.2 Å². The number of hydrogen-bond donors (Lipinski definition) is 1. The molecular weight excluding hydrogens is 374 g/mol. The molecule has 2 aromatic rings. The lowest BCUT2D eigenvalue weighted by molar-refractivity contribution is -0.159. The number of ether oxygens (including phenoxy) is 1. The second kappa shape index (κ2) is 7.80. The summed E-state index contributed by atoms with van der Waals surface area (Å²) in [5, 5.41) is 3.39. The number of rotatable bonds is 5. The number of aryl methyl sites for hydroxylation is 1. The molecule has 2 aliphatic rings. The largest absolute Gasteiger partial charge is 0.447 e. The van der Waals surface area contributed by atoms with E-state index in [9.17, 15) is 9.59 Å². The van der Waals surface area contributed by atoms with Crippen LogP contribution in [0.25, 0.3) is 0 Å². The number of hydrogen-bond acceptors (Lipinski definition) is 3. The van der Waals surface area contributed by atoms with E-state index in [-0.39, 0.29) is 17.8 Å². The van der Waals surface area contributed by atoms with Gasteiger partial charge in [0.05, 0.1) is 5.92 Å². The van der Waals surface area contributed by atoms with Gasteiger partial charge in [-0.25, -0.2) is 0 Å². The molecule has 4 atom stereocenters. The molecule has 5 heteroatoms. The lowest BCUT2D eigenvalue weighted by Crippen LogP contribution is -2.30. The van der Waals surface area contributed by atoms with E-state index in [1.54, 1.807) is 24.3 Å². The smallest absolute Gasteiger partial charge is 0.310 e. The van der Waals surface area contributed by atoms with Crippen LogP contribution in [0.1, 0.15) is 30.1 Å². The van der Waals surface area contributed by atoms with Gasteiger partial charge in [-0.05, 0) is 49.3 Å². The number of carbonyl (C=O) groups is 2. The Hall–Kier alpha value is -2.59. The fourth-order valence-corrected chi connectivity index (χ4v) is 4.22. The van der Waals surface area contributed by atoms with E-state index in [0.29, 0.717) is 22.2 Å². The average Bonchev–Trinajstić information content (AvgIpc) is 3.33. The molecule has 0 aromatic heterocycles. The number of allylic oxidation sites excluding steroid dienone is 2. The normalized spacial score (nSPS) is 23.4. The number of anilines is 1. The molecule has 2 aromatic carbocycles. The lowest BCUT2D eigenvalue weighted by atomic mass is 9.93. The quantitative estimate of drug-likeness (QED) is 0.567. The Morgan fingerprint density at radius 3 is 2.54 bits per heavy atom. The molecule has 1 amide bonds. The predicted molar refractivity (Wildman–Crippen MR) is 109 cm³/mol. The van der Waals surface area contributed by atoms with E-state index >= 15 is 0 Å². The summed E-state index contributed by atoms with van der Waals surface area (Å²) < 4.78 is 5.74. The summed E-state index contributed by atoms with van der Waals surface area (Å²) in [6.45, 7) is 1.90. The van der Waals surface area contributed by atoms with E-state index < -0.39 is 12.0 Å². The third kappa shape index (κ3) is 3.83. The second-order valence-electron chi connectivity index (χ2n) is 7.57. The van der Waals surface area contributed by atoms with Crippen LogP contribution in [-0.4, -0.2) is 11.9 Å². The highest BCUT2D eigenvalue weighted by atomic mass is 35.5. The Balaban J connectivity index is 1.53. The summed E-state index contributed by atoms with van der Waals surface area (Å²) in [6, 6.07) is 14.4. The van der Waals surface area contributed by atoms with E-state index in [0.717, 1.165) is 18.4 Å². The molecule has 2 bridgehead atoms. The maximum Gasteiger partial charge on any atom is 0.310 e. The fraction of sp³-hybridized carbons (Fsp3) is 0.304. The molecule has 0 saturated heterocycles. The Bertz CT molecular complexity index is 925. The third-order valence-electron chi connectivity index (χ3n) is 5.60. The molecule has 2 aliphatic carbocycles. The zero-order chi connectivity index (χ0) is 19.7. The number of esters is 1. The number of carbonyl (C=O) groups excluding carboxylic acids is 2. The summed E-state index contributed by atoms with van der Waals surface area (Å²) in [4.78, 5) is 25.8. The monoisotopic (exact) mass is 395 g/mol. The number of amides is 1. The summed E-state index contributed by atoms with van der Waals surface area (Å²) in [7, 11) is 0. The van der Waals surface area contributed by atoms with Crippen LogP contribution in [0, 0.1) is 24.7 Å². The average molecular weight is 396 g/mol. The molecule has 4 rings (SSSR count). The minimum Gasteiger partial charge on any atom is -0.447 e. The van der Waals surface area contributed by atoms with Crippen molar-refractivity contribution in [1.82, 2.24) is 0 Å². The molecular formula is C23H22ClNO3. The van der Waals surface area contributed by atoms with Crippen molar-refractivity contribution in [3.05, 3.63) is 76.8 Å². The molecule has 144 valence electrons. The molecule has 4 nitrogen and oxygen atoms in total. The highest BCUT2D eigenvalue weighted by molar-refractivity contribution is 6.31. The van der Waals surface area contributed by atoms with Crippen molar-refractivity contribution in [3.63, 3.8) is 0 Å². The highest BCUT2D eigenvalue weighted by Gasteiger charge is 2.42. The Morgan fingerprint density at radius 1 is 1.11 bits per heavy atom. The van der Waals surface area contributed by atoms with Crippen LogP contribution in [0.4, 0.5) is 5.69 Å². The van der Waals surface area contributed by atoms with Crippen LogP contribution >= 0.6 is 11.6 Å². The molecule has 1 N–H and O–H groups in total. The minimum absolute atomic E-state index is 0.164. The van der Waals surface area contributed by atoms with Crippen molar-refractivity contribution in [2.24, 2.45) is 17.8 Å². The summed E-state index contributed by atoms with van der Waals surface area (Å²) in [6.07, 6.45) is 5.08. The lowest BCUT2D eigenvalue weighted by Gasteiger charge is -2.22. The Kier molecular flexibility index (Phi) is 5.23. The summed E-state index contributed by atoms with van der Waals surface area (Å²) in [5.41, 5.74) is 2.14. The van der Waals surface area contributed by atoms with Crippen LogP contribution in [0.2, 0.25) is 5.02 Å². The fourth-order valence-electron chi connectivity index (χ4n) is 4.03. The van der Waals surface area contributed by atoms with E-state index in [1.165, 1.54) is 0 Å². The zero-order valence-electron chi connectivity index (χ0n) is 15.6. The predicted octanol–water partition coefficient (Wildman–Crippen LogP) is 5.08. The van der Waals surface area contributed by atoms with Gasteiger partial charge in [-0.2, -0.15) is 0 Å². The van der Waals surface area contributed by atoms with E-state index in [4.69, 9.17) is 16.3 Å². The Labute approximate surface area is 169 Å². The van der Waals surface area contributed by atoms with Crippen molar-refractivity contribution in [2.45, 2.75) is 25.9 Å². The first-order chi connectivity index (χ1) is 13.5. The second-order valence-corrected chi connectivity index (χ2v) is 7.97. The topological polar surface area (TPSA) is 55.4 Å². The van der Waals surface area contributed by atoms with E-state index in [2.05, 4.69) is 17.5 Å². The van der Waals surface area contributed by atoms with Gasteiger partial charge >= 0.3 is 5.97 Å². The molecule has 0 unspecified atom stereocenters. The first-order valence-corrected chi connectivity index (χ1v) is 9.90. The number of benzene rings is 2. The molecule has 1 saturated carbocycles. The molecule has 1 fully saturated rings. The van der Waals surface area contributed by atoms with Gasteiger partial charge in [-0.15, -0.1) is 0 Å². The molecule has 0 spiro atoms. The van der Waals surface area contributed by atoms with Crippen LogP contribution in [0.3, 0.4) is 0 Å². The van der Waals surface area contributed by atoms with Gasteiger partial charge in [-0.1, -0.05) is 60.2 Å². The van der Waals surface area contributed by atoms with Gasteiger partial charge in [-0.3, -0.25) is 9.59 Å². The summed E-state index contributed by atoms with van der Waals surface area (Å²) in [5.74, 6) is -0.169. The zero-order valence-corrected chi connectivity index (χ0v) is 16.4. The number of fused-ring (bicyclic) bond motifs is 2.